The molecule has 3 heterocycles. The molecule has 0 saturated carbocycles. The molecule has 4 N–H and O–H groups in total. The lowest BCUT2D eigenvalue weighted by Gasteiger charge is -2.14. The van der Waals surface area contributed by atoms with Crippen molar-refractivity contribution in [3.8, 4) is 0 Å². The van der Waals surface area contributed by atoms with E-state index in [-0.39, 0.29) is 17.7 Å². The van der Waals surface area contributed by atoms with E-state index in [2.05, 4.69) is 27.3 Å². The van der Waals surface area contributed by atoms with Crippen LogP contribution in [0.15, 0.2) is 24.2 Å². The zero-order valence-corrected chi connectivity index (χ0v) is 11.5. The van der Waals surface area contributed by atoms with Crippen molar-refractivity contribution >= 4 is 28.6 Å². The fraction of sp³-hybridized carbons (Fsp3) is 0.333. The van der Waals surface area contributed by atoms with Gasteiger partial charge in [-0.3, -0.25) is 4.57 Å². The number of hydrogen-bond donors (Lipinski definition) is 3. The molecular formula is C12H12ClN5O3. The fourth-order valence-corrected chi connectivity index (χ4v) is 2.56. The van der Waals surface area contributed by atoms with Gasteiger partial charge in [-0.25, -0.2) is 15.0 Å². The Morgan fingerprint density at radius 1 is 1.52 bits per heavy atom. The maximum absolute atomic E-state index is 10.1. The molecule has 0 aromatic carbocycles. The van der Waals surface area contributed by atoms with E-state index in [0.717, 1.165) is 0 Å². The monoisotopic (exact) mass is 309 g/mol. The summed E-state index contributed by atoms with van der Waals surface area (Å²) in [6, 6.07) is 0. The molecule has 1 saturated heterocycles. The standard InChI is InChI=1S/C12H12ClN5O3/c1-2-5-8(20)6(3-19)21-11(5)18-10-7(17-12(18)13)9(14)15-4-16-10/h4,6,8,11,19-20H,1,3H2,(H2,14,15,16)/t6-,8?,11-/m1/s1. The summed E-state index contributed by atoms with van der Waals surface area (Å²) in [4.78, 5) is 12.0. The summed E-state index contributed by atoms with van der Waals surface area (Å²) >= 11 is 6.12. The lowest BCUT2D eigenvalue weighted by atomic mass is 10.1. The molecule has 2 aromatic heterocycles. The number of nitrogen functional groups attached to an aromatic ring is 1. The highest BCUT2D eigenvalue weighted by molar-refractivity contribution is 6.29. The van der Waals surface area contributed by atoms with E-state index >= 15 is 0 Å². The topological polar surface area (TPSA) is 119 Å². The van der Waals surface area contributed by atoms with Gasteiger partial charge < -0.3 is 20.7 Å². The van der Waals surface area contributed by atoms with Gasteiger partial charge in [0, 0.05) is 0 Å². The van der Waals surface area contributed by atoms with Crippen LogP contribution in [0.1, 0.15) is 6.23 Å². The third-order valence-corrected chi connectivity index (χ3v) is 3.59. The van der Waals surface area contributed by atoms with Crippen LogP contribution in [0.25, 0.3) is 11.2 Å². The first-order valence-corrected chi connectivity index (χ1v) is 6.44. The van der Waals surface area contributed by atoms with Crippen LogP contribution in [0, 0.1) is 0 Å². The van der Waals surface area contributed by atoms with E-state index in [0.29, 0.717) is 16.7 Å². The van der Waals surface area contributed by atoms with Crippen LogP contribution in [-0.2, 0) is 4.74 Å². The van der Waals surface area contributed by atoms with Crippen LogP contribution >= 0.6 is 11.6 Å². The Morgan fingerprint density at radius 3 is 2.95 bits per heavy atom. The predicted octanol–water partition coefficient (Wildman–Crippen LogP) is 0.0238. The SMILES string of the molecule is C=C=C1C(O)[C@@H](CO)O[C@H]1n1c(Cl)nc2c(N)ncnc21. The van der Waals surface area contributed by atoms with Crippen LogP contribution in [0.3, 0.4) is 0 Å². The minimum atomic E-state index is -1.04. The van der Waals surface area contributed by atoms with Crippen LogP contribution in [0.2, 0.25) is 5.28 Å². The Kier molecular flexibility index (Phi) is 3.40. The van der Waals surface area contributed by atoms with Crippen LogP contribution < -0.4 is 5.73 Å². The molecule has 2 aromatic rings. The number of aliphatic hydroxyl groups excluding tert-OH is 2. The normalized spacial score (nSPS) is 25.5. The fourth-order valence-electron chi connectivity index (χ4n) is 2.30. The highest BCUT2D eigenvalue weighted by Crippen LogP contribution is 2.37. The van der Waals surface area contributed by atoms with Crippen molar-refractivity contribution in [2.24, 2.45) is 0 Å². The van der Waals surface area contributed by atoms with Crippen molar-refractivity contribution in [1.82, 2.24) is 19.5 Å². The summed E-state index contributed by atoms with van der Waals surface area (Å²) in [5.41, 5.74) is 9.38. The average molecular weight is 310 g/mol. The lowest BCUT2D eigenvalue weighted by molar-refractivity contribution is -0.0421. The molecule has 0 amide bonds. The summed E-state index contributed by atoms with van der Waals surface area (Å²) in [5, 5.41) is 19.4. The van der Waals surface area contributed by atoms with Crippen molar-refractivity contribution in [2.45, 2.75) is 18.4 Å². The molecule has 3 rings (SSSR count). The number of fused-ring (bicyclic) bond motifs is 1. The summed E-state index contributed by atoms with van der Waals surface area (Å²) in [7, 11) is 0. The van der Waals surface area contributed by atoms with Gasteiger partial charge in [0.25, 0.3) is 0 Å². The maximum atomic E-state index is 10.1. The molecule has 110 valence electrons. The number of nitrogens with two attached hydrogens (primary N) is 1. The zero-order chi connectivity index (χ0) is 15.1. The molecule has 1 aliphatic heterocycles. The van der Waals surface area contributed by atoms with Gasteiger partial charge in [0.15, 0.2) is 23.2 Å². The number of rotatable bonds is 2. The largest absolute Gasteiger partial charge is 0.394 e. The number of aliphatic hydroxyl groups is 2. The van der Waals surface area contributed by atoms with E-state index in [1.807, 2.05) is 0 Å². The van der Waals surface area contributed by atoms with Gasteiger partial charge >= 0.3 is 0 Å². The van der Waals surface area contributed by atoms with Crippen molar-refractivity contribution in [2.75, 3.05) is 12.3 Å². The molecule has 9 heteroatoms. The minimum Gasteiger partial charge on any atom is -0.394 e. The molecule has 0 radical (unpaired) electrons. The quantitative estimate of drug-likeness (QED) is 0.528. The van der Waals surface area contributed by atoms with Gasteiger partial charge in [0.2, 0.25) is 5.28 Å². The minimum absolute atomic E-state index is 0.0701. The summed E-state index contributed by atoms with van der Waals surface area (Å²) < 4.78 is 7.04. The average Bonchev–Trinajstić information content (AvgIpc) is 2.96. The Bertz CT molecular complexity index is 755. The molecular weight excluding hydrogens is 298 g/mol. The molecule has 3 atom stereocenters. The van der Waals surface area contributed by atoms with Crippen molar-refractivity contribution < 1.29 is 14.9 Å². The van der Waals surface area contributed by atoms with E-state index in [9.17, 15) is 10.2 Å². The van der Waals surface area contributed by atoms with Crippen molar-refractivity contribution in [3.63, 3.8) is 0 Å². The molecule has 0 bridgehead atoms. The molecule has 8 nitrogen and oxygen atoms in total. The van der Waals surface area contributed by atoms with E-state index < -0.39 is 18.4 Å². The van der Waals surface area contributed by atoms with Crippen LogP contribution in [0.5, 0.6) is 0 Å². The first-order chi connectivity index (χ1) is 10.1. The Labute approximate surface area is 124 Å². The smallest absolute Gasteiger partial charge is 0.207 e. The maximum Gasteiger partial charge on any atom is 0.207 e. The van der Waals surface area contributed by atoms with E-state index in [1.165, 1.54) is 10.9 Å². The second kappa shape index (κ2) is 5.10. The molecule has 0 spiro atoms. The molecule has 0 aliphatic carbocycles. The number of nitrogens with zero attached hydrogens (tertiary/aromatic N) is 4. The second-order valence-corrected chi connectivity index (χ2v) is 4.81. The molecule has 1 fully saturated rings. The third-order valence-electron chi connectivity index (χ3n) is 3.32. The van der Waals surface area contributed by atoms with Gasteiger partial charge in [-0.15, -0.1) is 5.73 Å². The van der Waals surface area contributed by atoms with E-state index in [1.54, 1.807) is 0 Å². The lowest BCUT2D eigenvalue weighted by Crippen LogP contribution is -2.25. The van der Waals surface area contributed by atoms with E-state index in [4.69, 9.17) is 22.1 Å². The molecule has 21 heavy (non-hydrogen) atoms. The first-order valence-electron chi connectivity index (χ1n) is 6.06. The zero-order valence-electron chi connectivity index (χ0n) is 10.8. The summed E-state index contributed by atoms with van der Waals surface area (Å²) in [6.07, 6.45) is -1.38. The van der Waals surface area contributed by atoms with Crippen LogP contribution in [0.4, 0.5) is 5.82 Å². The summed E-state index contributed by atoms with van der Waals surface area (Å²) in [5.74, 6) is 0.182. The molecule has 1 unspecified atom stereocenters. The van der Waals surface area contributed by atoms with Crippen LogP contribution in [-0.4, -0.2) is 48.5 Å². The first kappa shape index (κ1) is 14.0. The van der Waals surface area contributed by atoms with Gasteiger partial charge in [-0.05, 0) is 11.6 Å². The highest BCUT2D eigenvalue weighted by atomic mass is 35.5. The van der Waals surface area contributed by atoms with Gasteiger partial charge in [-0.2, -0.15) is 0 Å². The van der Waals surface area contributed by atoms with Gasteiger partial charge in [0.1, 0.15) is 18.5 Å². The number of aromatic nitrogens is 4. The Balaban J connectivity index is 2.19. The third kappa shape index (κ3) is 2.01. The van der Waals surface area contributed by atoms with Crippen molar-refractivity contribution in [3.05, 3.63) is 29.5 Å². The molecule has 1 aliphatic rings. The summed E-state index contributed by atoms with van der Waals surface area (Å²) in [6.45, 7) is 3.17. The number of halogens is 1. The number of hydrogen-bond acceptors (Lipinski definition) is 7. The number of anilines is 1. The predicted molar refractivity (Wildman–Crippen MR) is 74.4 cm³/mol. The Morgan fingerprint density at radius 2 is 2.29 bits per heavy atom. The number of imidazole rings is 1. The van der Waals surface area contributed by atoms with Crippen molar-refractivity contribution in [1.29, 1.82) is 0 Å². The second-order valence-electron chi connectivity index (χ2n) is 4.47. The highest BCUT2D eigenvalue weighted by Gasteiger charge is 2.41. The number of ether oxygens (including phenoxy) is 1. The van der Waals surface area contributed by atoms with Gasteiger partial charge in [-0.1, -0.05) is 6.58 Å². The van der Waals surface area contributed by atoms with Gasteiger partial charge in [0.05, 0.1) is 12.2 Å². The Hall–Kier alpha value is -1.96.